The summed E-state index contributed by atoms with van der Waals surface area (Å²) in [6.07, 6.45) is 3.19. The van der Waals surface area contributed by atoms with E-state index < -0.39 is 0 Å². The zero-order valence-electron chi connectivity index (χ0n) is 30.4. The smallest absolute Gasteiger partial charge is 0.274 e. The molecule has 0 bridgehead atoms. The molecule has 0 atom stereocenters. The Bertz CT molecular complexity index is 2470. The SMILES string of the molecule is COc1ccc(NC(=O)CCl)cc1OC.[C-]#[N+]c1ncc2[nH]c(=S)[nH]c2c1C.[C-]#[N+]c1ncc2[nH]c(SCC(=O)Nc3ccc(OC)c(OC)c3)nc2c1C. The molecular weight excluding hydrogens is 768 g/mol. The number of nitrogens with zero attached hydrogens (tertiary/aromatic N) is 5. The van der Waals surface area contributed by atoms with E-state index >= 15 is 0 Å². The molecule has 284 valence electrons. The molecule has 19 heteroatoms. The van der Waals surface area contributed by atoms with Crippen molar-refractivity contribution in [2.75, 3.05) is 50.7 Å². The third kappa shape index (κ3) is 10.6. The van der Waals surface area contributed by atoms with Crippen molar-refractivity contribution >= 4 is 92.5 Å². The number of hydrogen-bond donors (Lipinski definition) is 5. The highest BCUT2D eigenvalue weighted by molar-refractivity contribution is 7.99. The lowest BCUT2D eigenvalue weighted by atomic mass is 10.2. The molecule has 2 amide bonds. The second kappa shape index (κ2) is 19.7. The number of methoxy groups -OCH3 is 4. The van der Waals surface area contributed by atoms with Gasteiger partial charge in [0.25, 0.3) is 11.6 Å². The second-order valence-corrected chi connectivity index (χ2v) is 12.6. The van der Waals surface area contributed by atoms with E-state index in [9.17, 15) is 9.59 Å². The van der Waals surface area contributed by atoms with Gasteiger partial charge >= 0.3 is 0 Å². The number of alkyl halides is 1. The van der Waals surface area contributed by atoms with E-state index in [4.69, 9.17) is 55.9 Å². The highest BCUT2D eigenvalue weighted by atomic mass is 35.5. The minimum absolute atomic E-state index is 0.0751. The zero-order valence-corrected chi connectivity index (χ0v) is 32.8. The van der Waals surface area contributed by atoms with E-state index in [1.54, 1.807) is 63.0 Å². The van der Waals surface area contributed by atoms with Crippen LogP contribution in [0.1, 0.15) is 11.1 Å². The van der Waals surface area contributed by atoms with Crippen molar-refractivity contribution in [3.05, 3.63) is 87.5 Å². The topological polar surface area (TPSA) is 190 Å². The molecule has 0 aliphatic carbocycles. The van der Waals surface area contributed by atoms with E-state index in [0.717, 1.165) is 27.7 Å². The van der Waals surface area contributed by atoms with E-state index in [1.807, 2.05) is 13.8 Å². The molecule has 0 saturated carbocycles. The predicted molar refractivity (Wildman–Crippen MR) is 215 cm³/mol. The maximum atomic E-state index is 12.2. The fourth-order valence-electron chi connectivity index (χ4n) is 4.84. The van der Waals surface area contributed by atoms with E-state index in [2.05, 4.69) is 50.2 Å². The number of aromatic amines is 3. The third-order valence-corrected chi connectivity index (χ3v) is 8.83. The van der Waals surface area contributed by atoms with Gasteiger partial charge in [-0.05, 0) is 50.3 Å². The quantitative estimate of drug-likeness (QED) is 0.0391. The molecule has 0 fully saturated rings. The number of anilines is 2. The Morgan fingerprint density at radius 3 is 1.84 bits per heavy atom. The molecule has 0 aliphatic heterocycles. The normalized spacial score (nSPS) is 10.1. The standard InChI is InChI=1S/C18H17N5O3S.C10H12ClNO3.C8H6N4S/c1-10-16-12(8-20-17(10)19-2)22-18(23-16)27-9-15(24)21-11-5-6-13(25-3)14(7-11)26-4;1-14-8-4-3-7(5-9(8)15-2)12-10(13)6-11;1-4-6-5(11-8(13)12-6)3-10-7(4)9-2/h5-8H,9H2,1,3-4H3,(H,21,24)(H,22,23);3-5H,6H2,1-2H3,(H,12,13);3H,1H3,(H2,11,12,13). The number of fused-ring (bicyclic) bond motifs is 2. The average molecular weight is 803 g/mol. The van der Waals surface area contributed by atoms with Gasteiger partial charge in [0.1, 0.15) is 29.3 Å². The predicted octanol–water partition coefficient (Wildman–Crippen LogP) is 7.93. The molecule has 6 aromatic rings. The molecule has 0 spiro atoms. The number of imidazole rings is 2. The molecule has 6 rings (SSSR count). The summed E-state index contributed by atoms with van der Waals surface area (Å²) in [7, 11) is 6.18. The number of ether oxygens (including phenoxy) is 4. The lowest BCUT2D eigenvalue weighted by Crippen LogP contribution is -2.14. The fraction of sp³-hybridized carbons (Fsp3) is 0.222. The number of aromatic nitrogens is 6. The number of nitrogens with one attached hydrogen (secondary N) is 5. The van der Waals surface area contributed by atoms with Gasteiger partial charge in [-0.2, -0.15) is 0 Å². The number of benzene rings is 2. The summed E-state index contributed by atoms with van der Waals surface area (Å²) in [5.41, 5.74) is 5.94. The van der Waals surface area contributed by atoms with Crippen molar-refractivity contribution in [1.29, 1.82) is 0 Å². The first-order valence-electron chi connectivity index (χ1n) is 15.9. The monoisotopic (exact) mass is 802 g/mol. The Kier molecular flexibility index (Phi) is 14.8. The van der Waals surface area contributed by atoms with Gasteiger partial charge in [-0.25, -0.2) is 4.98 Å². The minimum Gasteiger partial charge on any atom is -0.493 e. The van der Waals surface area contributed by atoms with E-state index in [1.165, 1.54) is 26.0 Å². The number of aryl methyl sites for hydroxylation is 2. The van der Waals surface area contributed by atoms with Crippen molar-refractivity contribution in [2.24, 2.45) is 0 Å². The lowest BCUT2D eigenvalue weighted by molar-refractivity contribution is -0.114. The number of rotatable bonds is 10. The van der Waals surface area contributed by atoms with Gasteiger partial charge in [-0.1, -0.05) is 24.9 Å². The number of halogens is 1. The fourth-order valence-corrected chi connectivity index (χ4v) is 5.80. The second-order valence-electron chi connectivity index (χ2n) is 11.0. The molecule has 2 aromatic carbocycles. The van der Waals surface area contributed by atoms with Crippen LogP contribution < -0.4 is 29.6 Å². The average Bonchev–Trinajstić information content (AvgIpc) is 3.81. The number of thioether (sulfide) groups is 1. The number of amides is 2. The van der Waals surface area contributed by atoms with Gasteiger partial charge in [0.2, 0.25) is 11.8 Å². The Balaban J connectivity index is 0.000000202. The van der Waals surface area contributed by atoms with Crippen LogP contribution in [0.4, 0.5) is 23.0 Å². The van der Waals surface area contributed by atoms with Crippen LogP contribution >= 0.6 is 35.6 Å². The number of carbonyl (C=O) groups is 2. The first-order valence-corrected chi connectivity index (χ1v) is 17.8. The Labute approximate surface area is 330 Å². The summed E-state index contributed by atoms with van der Waals surface area (Å²) in [4.78, 5) is 51.5. The van der Waals surface area contributed by atoms with Crippen molar-refractivity contribution in [3.8, 4) is 23.0 Å². The Morgan fingerprint density at radius 1 is 0.782 bits per heavy atom. The molecule has 0 radical (unpaired) electrons. The van der Waals surface area contributed by atoms with Gasteiger partial charge in [0, 0.05) is 34.6 Å². The van der Waals surface area contributed by atoms with Crippen LogP contribution in [-0.2, 0) is 9.59 Å². The molecular formula is C36H35ClN10O6S2. The molecule has 4 heterocycles. The number of carbonyl (C=O) groups excluding carboxylic acids is 2. The lowest BCUT2D eigenvalue weighted by Gasteiger charge is -2.10. The summed E-state index contributed by atoms with van der Waals surface area (Å²) in [5.74, 6) is 2.72. The number of pyridine rings is 2. The zero-order chi connectivity index (χ0) is 40.1. The van der Waals surface area contributed by atoms with Crippen molar-refractivity contribution in [1.82, 2.24) is 29.9 Å². The van der Waals surface area contributed by atoms with Gasteiger partial charge < -0.3 is 54.2 Å². The van der Waals surface area contributed by atoms with Crippen molar-refractivity contribution in [2.45, 2.75) is 19.0 Å². The molecule has 0 saturated heterocycles. The van der Waals surface area contributed by atoms with Crippen LogP contribution in [0, 0.1) is 31.8 Å². The van der Waals surface area contributed by atoms with Crippen LogP contribution in [0.3, 0.4) is 0 Å². The number of hydrogen-bond acceptors (Lipinski definition) is 11. The highest BCUT2D eigenvalue weighted by Crippen LogP contribution is 2.31. The Hall–Kier alpha value is -6.34. The van der Waals surface area contributed by atoms with Gasteiger partial charge in [-0.15, -0.1) is 21.6 Å². The van der Waals surface area contributed by atoms with E-state index in [0.29, 0.717) is 61.5 Å². The summed E-state index contributed by atoms with van der Waals surface area (Å²) in [6, 6.07) is 10.3. The first kappa shape index (κ1) is 41.4. The van der Waals surface area contributed by atoms with E-state index in [-0.39, 0.29) is 23.4 Å². The summed E-state index contributed by atoms with van der Waals surface area (Å²) >= 11 is 11.6. The van der Waals surface area contributed by atoms with Gasteiger partial charge in [-0.3, -0.25) is 9.59 Å². The van der Waals surface area contributed by atoms with Gasteiger partial charge in [0.05, 0.1) is 45.2 Å². The maximum absolute atomic E-state index is 12.2. The molecule has 55 heavy (non-hydrogen) atoms. The highest BCUT2D eigenvalue weighted by Gasteiger charge is 2.14. The first-order chi connectivity index (χ1) is 26.5. The maximum Gasteiger partial charge on any atom is 0.274 e. The van der Waals surface area contributed by atoms with Gasteiger partial charge in [0.15, 0.2) is 32.9 Å². The molecule has 0 aliphatic rings. The largest absolute Gasteiger partial charge is 0.493 e. The molecule has 0 unspecified atom stereocenters. The Morgan fingerprint density at radius 2 is 1.31 bits per heavy atom. The van der Waals surface area contributed by atoms with Crippen LogP contribution in [0.5, 0.6) is 23.0 Å². The van der Waals surface area contributed by atoms with Crippen LogP contribution in [0.25, 0.3) is 31.8 Å². The minimum atomic E-state index is -0.260. The van der Waals surface area contributed by atoms with Crippen LogP contribution in [0.2, 0.25) is 0 Å². The van der Waals surface area contributed by atoms with Crippen molar-refractivity contribution in [3.63, 3.8) is 0 Å². The summed E-state index contributed by atoms with van der Waals surface area (Å²) < 4.78 is 21.1. The molecule has 16 nitrogen and oxygen atoms in total. The van der Waals surface area contributed by atoms with Crippen LogP contribution in [-0.4, -0.2) is 81.8 Å². The summed E-state index contributed by atoms with van der Waals surface area (Å²) in [5, 5.41) is 6.02. The molecule has 4 aromatic heterocycles. The van der Waals surface area contributed by atoms with Crippen molar-refractivity contribution < 1.29 is 28.5 Å². The molecule has 5 N–H and O–H groups in total. The third-order valence-electron chi connectivity index (χ3n) is 7.51. The number of H-pyrrole nitrogens is 3. The van der Waals surface area contributed by atoms with Crippen LogP contribution in [0.15, 0.2) is 53.9 Å². The summed E-state index contributed by atoms with van der Waals surface area (Å²) in [6.45, 7) is 17.7.